The zero-order chi connectivity index (χ0) is 29.9. The summed E-state index contributed by atoms with van der Waals surface area (Å²) in [5.74, 6) is 0.919. The third-order valence-electron chi connectivity index (χ3n) is 9.13. The van der Waals surface area contributed by atoms with E-state index in [0.717, 1.165) is 17.0 Å². The number of hydrogen-bond donors (Lipinski definition) is 0. The average Bonchev–Trinajstić information content (AvgIpc) is 3.65. The van der Waals surface area contributed by atoms with Gasteiger partial charge in [0.25, 0.3) is 0 Å². The van der Waals surface area contributed by atoms with Gasteiger partial charge in [0.15, 0.2) is 0 Å². The molecule has 1 atom stereocenters. The average molecular weight is 596 g/mol. The summed E-state index contributed by atoms with van der Waals surface area (Å²) in [4.78, 5) is 7.37. The van der Waals surface area contributed by atoms with Crippen molar-refractivity contribution in [2.45, 2.75) is 6.04 Å². The molecular formula is C41H29N3S. The van der Waals surface area contributed by atoms with Crippen LogP contribution in [0.4, 0.5) is 0 Å². The molecule has 45 heavy (non-hydrogen) atoms. The van der Waals surface area contributed by atoms with E-state index < -0.39 is 0 Å². The Balaban J connectivity index is 1.20. The molecule has 3 heterocycles. The molecule has 2 aromatic heterocycles. The van der Waals surface area contributed by atoms with Gasteiger partial charge in [-0.05, 0) is 46.0 Å². The lowest BCUT2D eigenvalue weighted by Gasteiger charge is -2.32. The summed E-state index contributed by atoms with van der Waals surface area (Å²) >= 11 is 1.90. The van der Waals surface area contributed by atoms with Crippen LogP contribution in [0.1, 0.15) is 11.6 Å². The molecule has 0 saturated heterocycles. The number of rotatable bonds is 3. The van der Waals surface area contributed by atoms with Gasteiger partial charge < -0.3 is 4.90 Å². The van der Waals surface area contributed by atoms with E-state index in [1.54, 1.807) is 0 Å². The van der Waals surface area contributed by atoms with Crippen molar-refractivity contribution in [2.75, 3.05) is 7.05 Å². The number of likely N-dealkylation sites (N-methyl/N-ethyl adjacent to an activating group) is 1. The van der Waals surface area contributed by atoms with Gasteiger partial charge in [0.1, 0.15) is 0 Å². The van der Waals surface area contributed by atoms with Crippen LogP contribution in [-0.4, -0.2) is 22.5 Å². The second-order valence-electron chi connectivity index (χ2n) is 11.7. The molecule has 4 heteroatoms. The minimum atomic E-state index is 0.0305. The molecule has 1 aliphatic rings. The summed E-state index contributed by atoms with van der Waals surface area (Å²) in [5.41, 5.74) is 8.55. The molecular weight excluding hydrogens is 567 g/mol. The maximum atomic E-state index is 5.04. The number of aliphatic imine (C=N–C) groups is 1. The van der Waals surface area contributed by atoms with Gasteiger partial charge in [-0.25, -0.2) is 4.99 Å². The number of para-hydroxylation sites is 1. The normalized spacial score (nSPS) is 15.0. The van der Waals surface area contributed by atoms with E-state index in [9.17, 15) is 0 Å². The van der Waals surface area contributed by atoms with Crippen LogP contribution in [0.25, 0.3) is 64.2 Å². The monoisotopic (exact) mass is 595 g/mol. The van der Waals surface area contributed by atoms with Crippen LogP contribution in [0.15, 0.2) is 157 Å². The first kappa shape index (κ1) is 26.0. The largest absolute Gasteiger partial charge is 0.334 e. The highest BCUT2D eigenvalue weighted by molar-refractivity contribution is 7.26. The second kappa shape index (κ2) is 10.3. The molecule has 0 saturated carbocycles. The maximum Gasteiger partial charge on any atom is 0.211 e. The summed E-state index contributed by atoms with van der Waals surface area (Å²) in [6, 6.07) is 50.3. The molecule has 214 valence electrons. The van der Waals surface area contributed by atoms with Gasteiger partial charge in [0, 0.05) is 44.2 Å². The van der Waals surface area contributed by atoms with E-state index in [4.69, 9.17) is 4.99 Å². The quantitative estimate of drug-likeness (QED) is 0.199. The van der Waals surface area contributed by atoms with Crippen molar-refractivity contribution in [1.29, 1.82) is 0 Å². The lowest BCUT2D eigenvalue weighted by Crippen LogP contribution is -2.36. The van der Waals surface area contributed by atoms with Crippen LogP contribution < -0.4 is 0 Å². The van der Waals surface area contributed by atoms with E-state index in [1.807, 2.05) is 17.5 Å². The number of hydrogen-bond acceptors (Lipinski definition) is 3. The van der Waals surface area contributed by atoms with Gasteiger partial charge in [0.2, 0.25) is 5.96 Å². The van der Waals surface area contributed by atoms with Crippen molar-refractivity contribution >= 4 is 59.3 Å². The minimum Gasteiger partial charge on any atom is -0.334 e. The van der Waals surface area contributed by atoms with Gasteiger partial charge >= 0.3 is 0 Å². The number of thiophene rings is 1. The Morgan fingerprint density at radius 2 is 1.22 bits per heavy atom. The van der Waals surface area contributed by atoms with Crippen molar-refractivity contribution < 1.29 is 0 Å². The van der Waals surface area contributed by atoms with E-state index in [1.165, 1.54) is 58.8 Å². The topological polar surface area (TPSA) is 20.5 Å². The molecule has 0 amide bonds. The van der Waals surface area contributed by atoms with Crippen LogP contribution in [0.2, 0.25) is 0 Å². The van der Waals surface area contributed by atoms with Crippen molar-refractivity contribution in [2.24, 2.45) is 4.99 Å². The molecule has 9 rings (SSSR count). The summed E-state index contributed by atoms with van der Waals surface area (Å²) < 4.78 is 5.00. The Hall–Kier alpha value is -5.45. The molecule has 3 nitrogen and oxygen atoms in total. The first-order valence-corrected chi connectivity index (χ1v) is 16.1. The number of nitrogens with zero attached hydrogens (tertiary/aromatic N) is 3. The van der Waals surface area contributed by atoms with Gasteiger partial charge in [-0.1, -0.05) is 127 Å². The predicted molar refractivity (Wildman–Crippen MR) is 192 cm³/mol. The van der Waals surface area contributed by atoms with E-state index in [-0.39, 0.29) is 6.04 Å². The highest BCUT2D eigenvalue weighted by Crippen LogP contribution is 2.44. The van der Waals surface area contributed by atoms with Crippen molar-refractivity contribution in [1.82, 2.24) is 9.47 Å². The molecule has 8 aromatic rings. The summed E-state index contributed by atoms with van der Waals surface area (Å²) in [6.07, 6.45) is 4.22. The molecule has 0 fully saturated rings. The highest BCUT2D eigenvalue weighted by atomic mass is 32.1. The summed E-state index contributed by atoms with van der Waals surface area (Å²) in [6.45, 7) is 0. The van der Waals surface area contributed by atoms with E-state index in [0.29, 0.717) is 0 Å². The van der Waals surface area contributed by atoms with Crippen molar-refractivity contribution in [3.63, 3.8) is 0 Å². The third-order valence-corrected chi connectivity index (χ3v) is 10.4. The second-order valence-corrected chi connectivity index (χ2v) is 12.7. The molecule has 1 aliphatic heterocycles. The highest BCUT2D eigenvalue weighted by Gasteiger charge is 2.27. The fourth-order valence-electron chi connectivity index (χ4n) is 6.98. The standard InChI is InChI=1S/C41H29N3S/c1-43-36(35-20-11-19-34-33-18-10-17-30(39(33)45-40(34)35)28-14-6-3-7-15-28)24-25-42-41(43)44-37-21-9-8-16-31(37)32-23-22-29(26-38(32)44)27-12-4-2-5-13-27/h2-26,36H,1H3. The third kappa shape index (κ3) is 4.07. The van der Waals surface area contributed by atoms with E-state index >= 15 is 0 Å². The Bertz CT molecular complexity index is 2450. The zero-order valence-corrected chi connectivity index (χ0v) is 25.6. The van der Waals surface area contributed by atoms with Crippen molar-refractivity contribution in [3.05, 3.63) is 157 Å². The number of aromatic nitrogens is 1. The van der Waals surface area contributed by atoms with Gasteiger partial charge in [-0.3, -0.25) is 4.57 Å². The fourth-order valence-corrected chi connectivity index (χ4v) is 8.36. The molecule has 0 radical (unpaired) electrons. The summed E-state index contributed by atoms with van der Waals surface area (Å²) in [5, 5.41) is 5.08. The first-order valence-electron chi connectivity index (χ1n) is 15.3. The Morgan fingerprint density at radius 1 is 0.556 bits per heavy atom. The Morgan fingerprint density at radius 3 is 2.04 bits per heavy atom. The Kier molecular flexibility index (Phi) is 5.97. The molecule has 0 aliphatic carbocycles. The van der Waals surface area contributed by atoms with Crippen molar-refractivity contribution in [3.8, 4) is 22.3 Å². The fraction of sp³-hybridized carbons (Fsp3) is 0.0488. The lowest BCUT2D eigenvalue weighted by atomic mass is 10.00. The van der Waals surface area contributed by atoms with Crippen LogP contribution in [-0.2, 0) is 0 Å². The molecule has 6 aromatic carbocycles. The SMILES string of the molecule is CN1C(n2c3ccccc3c3ccc(-c4ccccc4)cc32)=NC=CC1c1cccc2c1sc1c(-c3ccccc3)cccc12. The smallest absolute Gasteiger partial charge is 0.211 e. The van der Waals surface area contributed by atoms with E-state index in [2.05, 4.69) is 162 Å². The lowest BCUT2D eigenvalue weighted by molar-refractivity contribution is 0.423. The molecule has 0 bridgehead atoms. The maximum absolute atomic E-state index is 5.04. The minimum absolute atomic E-state index is 0.0305. The number of benzene rings is 6. The zero-order valence-electron chi connectivity index (χ0n) is 24.8. The van der Waals surface area contributed by atoms with Crippen LogP contribution in [0.3, 0.4) is 0 Å². The first-order chi connectivity index (χ1) is 22.3. The predicted octanol–water partition coefficient (Wildman–Crippen LogP) is 10.9. The molecule has 1 unspecified atom stereocenters. The van der Waals surface area contributed by atoms with Crippen LogP contribution >= 0.6 is 11.3 Å². The van der Waals surface area contributed by atoms with Crippen LogP contribution in [0.5, 0.6) is 0 Å². The van der Waals surface area contributed by atoms with Gasteiger partial charge in [0.05, 0.1) is 17.1 Å². The van der Waals surface area contributed by atoms with Gasteiger partial charge in [-0.2, -0.15) is 0 Å². The molecule has 0 spiro atoms. The number of fused-ring (bicyclic) bond motifs is 6. The van der Waals surface area contributed by atoms with Crippen LogP contribution in [0, 0.1) is 0 Å². The Labute approximate surface area is 265 Å². The summed E-state index contributed by atoms with van der Waals surface area (Å²) in [7, 11) is 2.18. The van der Waals surface area contributed by atoms with Gasteiger partial charge in [-0.15, -0.1) is 11.3 Å². The molecule has 0 N–H and O–H groups in total.